The maximum absolute atomic E-state index is 12.7. The van der Waals surface area contributed by atoms with Crippen LogP contribution >= 0.6 is 0 Å². The number of hydrogen-bond acceptors (Lipinski definition) is 5. The van der Waals surface area contributed by atoms with Crippen LogP contribution in [0.4, 0.5) is 11.4 Å². The molecule has 0 aliphatic heterocycles. The van der Waals surface area contributed by atoms with Gasteiger partial charge in [-0.15, -0.1) is 0 Å². The SMILES string of the molecule is COc1cc([N+](=O)[O-])ccc1NC(=O)[C@@H](C)N(C)Cc1ccc2ccccc2c1. The number of nitrogens with zero attached hydrogens (tertiary/aromatic N) is 2. The summed E-state index contributed by atoms with van der Waals surface area (Å²) >= 11 is 0. The highest BCUT2D eigenvalue weighted by Gasteiger charge is 2.20. The molecule has 0 unspecified atom stereocenters. The fraction of sp³-hybridized carbons (Fsp3) is 0.227. The highest BCUT2D eigenvalue weighted by Crippen LogP contribution is 2.29. The Hall–Kier alpha value is -3.45. The number of ether oxygens (including phenoxy) is 1. The lowest BCUT2D eigenvalue weighted by Crippen LogP contribution is -2.39. The minimum Gasteiger partial charge on any atom is -0.494 e. The Morgan fingerprint density at radius 2 is 1.86 bits per heavy atom. The van der Waals surface area contributed by atoms with Crippen LogP contribution in [0.25, 0.3) is 10.8 Å². The van der Waals surface area contributed by atoms with Crippen LogP contribution in [0, 0.1) is 10.1 Å². The maximum atomic E-state index is 12.7. The highest BCUT2D eigenvalue weighted by molar-refractivity contribution is 5.96. The summed E-state index contributed by atoms with van der Waals surface area (Å²) in [5.41, 5.74) is 1.41. The van der Waals surface area contributed by atoms with Crippen LogP contribution in [0.5, 0.6) is 5.75 Å². The van der Waals surface area contributed by atoms with Crippen molar-refractivity contribution in [2.45, 2.75) is 19.5 Å². The van der Waals surface area contributed by atoms with E-state index in [1.54, 1.807) is 0 Å². The van der Waals surface area contributed by atoms with Crippen LogP contribution in [0.1, 0.15) is 12.5 Å². The molecular weight excluding hydrogens is 370 g/mol. The fourth-order valence-electron chi connectivity index (χ4n) is 3.10. The summed E-state index contributed by atoms with van der Waals surface area (Å²) in [6.45, 7) is 2.42. The molecule has 1 atom stereocenters. The van der Waals surface area contributed by atoms with Crippen molar-refractivity contribution in [3.63, 3.8) is 0 Å². The number of likely N-dealkylation sites (N-methyl/N-ethyl adjacent to an activating group) is 1. The van der Waals surface area contributed by atoms with Gasteiger partial charge >= 0.3 is 0 Å². The first kappa shape index (κ1) is 20.3. The topological polar surface area (TPSA) is 84.7 Å². The Morgan fingerprint density at radius 1 is 1.14 bits per heavy atom. The number of rotatable bonds is 7. The van der Waals surface area contributed by atoms with Crippen molar-refractivity contribution in [1.82, 2.24) is 4.90 Å². The van der Waals surface area contributed by atoms with Gasteiger partial charge in [0.2, 0.25) is 5.91 Å². The number of nitrogens with one attached hydrogen (secondary N) is 1. The van der Waals surface area contributed by atoms with E-state index in [1.807, 2.05) is 31.0 Å². The van der Waals surface area contributed by atoms with Gasteiger partial charge in [-0.2, -0.15) is 0 Å². The minimum absolute atomic E-state index is 0.0960. The number of nitro benzene ring substituents is 1. The van der Waals surface area contributed by atoms with Gasteiger partial charge in [0.25, 0.3) is 5.69 Å². The molecule has 3 aromatic carbocycles. The molecule has 0 bridgehead atoms. The summed E-state index contributed by atoms with van der Waals surface area (Å²) in [4.78, 5) is 25.0. The molecule has 7 nitrogen and oxygen atoms in total. The largest absolute Gasteiger partial charge is 0.494 e. The number of methoxy groups -OCH3 is 1. The molecule has 0 radical (unpaired) electrons. The van der Waals surface area contributed by atoms with Gasteiger partial charge in [-0.3, -0.25) is 19.8 Å². The van der Waals surface area contributed by atoms with E-state index in [2.05, 4.69) is 35.6 Å². The molecule has 0 aromatic heterocycles. The van der Waals surface area contributed by atoms with Crippen LogP contribution in [-0.4, -0.2) is 35.9 Å². The van der Waals surface area contributed by atoms with Gasteiger partial charge in [0.1, 0.15) is 5.75 Å². The number of benzene rings is 3. The van der Waals surface area contributed by atoms with E-state index in [9.17, 15) is 14.9 Å². The van der Waals surface area contributed by atoms with Crippen molar-refractivity contribution in [3.8, 4) is 5.75 Å². The summed E-state index contributed by atoms with van der Waals surface area (Å²) in [6, 6.07) is 18.1. The van der Waals surface area contributed by atoms with Gasteiger partial charge in [0.05, 0.1) is 29.8 Å². The zero-order valence-electron chi connectivity index (χ0n) is 16.6. The zero-order valence-corrected chi connectivity index (χ0v) is 16.6. The second-order valence-electron chi connectivity index (χ2n) is 6.90. The van der Waals surface area contributed by atoms with Gasteiger partial charge in [0, 0.05) is 12.6 Å². The van der Waals surface area contributed by atoms with Gasteiger partial charge in [-0.05, 0) is 42.4 Å². The third kappa shape index (κ3) is 4.70. The third-order valence-corrected chi connectivity index (χ3v) is 4.94. The summed E-state index contributed by atoms with van der Waals surface area (Å²) in [5.74, 6) is 0.0253. The average Bonchev–Trinajstić information content (AvgIpc) is 2.73. The predicted octanol–water partition coefficient (Wildman–Crippen LogP) is 4.22. The van der Waals surface area contributed by atoms with Crippen molar-refractivity contribution in [1.29, 1.82) is 0 Å². The molecule has 3 rings (SSSR count). The van der Waals surface area contributed by atoms with E-state index in [4.69, 9.17) is 4.74 Å². The standard InChI is InChI=1S/C22H23N3O4/c1-15(22(26)23-20-11-10-19(25(27)28)13-21(20)29-3)24(2)14-16-8-9-17-6-4-5-7-18(17)12-16/h4-13,15H,14H2,1-3H3,(H,23,26)/t15-/m1/s1. The number of amides is 1. The fourth-order valence-corrected chi connectivity index (χ4v) is 3.10. The molecule has 3 aromatic rings. The van der Waals surface area contributed by atoms with Gasteiger partial charge in [-0.1, -0.05) is 36.4 Å². The molecule has 0 aliphatic carbocycles. The molecule has 0 spiro atoms. The molecular formula is C22H23N3O4. The molecule has 29 heavy (non-hydrogen) atoms. The Kier molecular flexibility index (Phi) is 6.09. The Morgan fingerprint density at radius 3 is 2.55 bits per heavy atom. The number of hydrogen-bond donors (Lipinski definition) is 1. The van der Waals surface area contributed by atoms with Gasteiger partial charge < -0.3 is 10.1 Å². The summed E-state index contributed by atoms with van der Waals surface area (Å²) < 4.78 is 5.18. The molecule has 0 saturated heterocycles. The van der Waals surface area contributed by atoms with Crippen molar-refractivity contribution < 1.29 is 14.5 Å². The van der Waals surface area contributed by atoms with Crippen LogP contribution in [0.3, 0.4) is 0 Å². The van der Waals surface area contributed by atoms with E-state index < -0.39 is 11.0 Å². The Balaban J connectivity index is 1.69. The molecule has 0 heterocycles. The number of nitro groups is 1. The van der Waals surface area contributed by atoms with Crippen molar-refractivity contribution in [3.05, 3.63) is 76.3 Å². The normalized spacial score (nSPS) is 12.0. The van der Waals surface area contributed by atoms with Crippen LogP contribution < -0.4 is 10.1 Å². The van der Waals surface area contributed by atoms with E-state index in [1.165, 1.54) is 30.7 Å². The van der Waals surface area contributed by atoms with E-state index in [-0.39, 0.29) is 17.3 Å². The number of carbonyl (C=O) groups is 1. The highest BCUT2D eigenvalue weighted by atomic mass is 16.6. The number of anilines is 1. The predicted molar refractivity (Wildman–Crippen MR) is 113 cm³/mol. The quantitative estimate of drug-likeness (QED) is 0.480. The zero-order chi connectivity index (χ0) is 21.0. The van der Waals surface area contributed by atoms with Crippen molar-refractivity contribution in [2.75, 3.05) is 19.5 Å². The summed E-state index contributed by atoms with van der Waals surface area (Å²) in [7, 11) is 3.29. The second kappa shape index (κ2) is 8.70. The van der Waals surface area contributed by atoms with E-state index >= 15 is 0 Å². The average molecular weight is 393 g/mol. The lowest BCUT2D eigenvalue weighted by atomic mass is 10.1. The molecule has 1 amide bonds. The van der Waals surface area contributed by atoms with Crippen molar-refractivity contribution >= 4 is 28.1 Å². The second-order valence-corrected chi connectivity index (χ2v) is 6.90. The summed E-state index contributed by atoms with van der Waals surface area (Å²) in [5, 5.41) is 16.0. The lowest BCUT2D eigenvalue weighted by molar-refractivity contribution is -0.384. The first-order valence-electron chi connectivity index (χ1n) is 9.20. The van der Waals surface area contributed by atoms with E-state index in [0.29, 0.717) is 12.2 Å². The molecule has 7 heteroatoms. The van der Waals surface area contributed by atoms with Gasteiger partial charge in [-0.25, -0.2) is 0 Å². The lowest BCUT2D eigenvalue weighted by Gasteiger charge is -2.24. The molecule has 0 fully saturated rings. The number of fused-ring (bicyclic) bond motifs is 1. The monoisotopic (exact) mass is 393 g/mol. The van der Waals surface area contributed by atoms with Crippen LogP contribution in [-0.2, 0) is 11.3 Å². The van der Waals surface area contributed by atoms with Crippen molar-refractivity contribution in [2.24, 2.45) is 0 Å². The minimum atomic E-state index is -0.506. The smallest absolute Gasteiger partial charge is 0.273 e. The van der Waals surface area contributed by atoms with Crippen LogP contribution in [0.15, 0.2) is 60.7 Å². The first-order valence-corrected chi connectivity index (χ1v) is 9.20. The number of non-ortho nitro benzene ring substituents is 1. The van der Waals surface area contributed by atoms with Crippen LogP contribution in [0.2, 0.25) is 0 Å². The summed E-state index contributed by atoms with van der Waals surface area (Å²) in [6.07, 6.45) is 0. The Labute approximate surface area is 169 Å². The first-order chi connectivity index (χ1) is 13.9. The number of carbonyl (C=O) groups excluding carboxylic acids is 1. The van der Waals surface area contributed by atoms with E-state index in [0.717, 1.165) is 10.9 Å². The van der Waals surface area contributed by atoms with Gasteiger partial charge in [0.15, 0.2) is 0 Å². The molecule has 0 saturated carbocycles. The Bertz CT molecular complexity index is 1050. The molecule has 1 N–H and O–H groups in total. The molecule has 0 aliphatic rings. The molecule has 150 valence electrons. The maximum Gasteiger partial charge on any atom is 0.273 e. The third-order valence-electron chi connectivity index (χ3n) is 4.94.